The second-order valence-electron chi connectivity index (χ2n) is 6.77. The predicted molar refractivity (Wildman–Crippen MR) is 106 cm³/mol. The van der Waals surface area contributed by atoms with Gasteiger partial charge < -0.3 is 20.3 Å². The average Bonchev–Trinajstić information content (AvgIpc) is 3.00. The largest absolute Gasteiger partial charge is 0.378 e. The highest BCUT2D eigenvalue weighted by atomic mass is 35.5. The predicted octanol–water partition coefficient (Wildman–Crippen LogP) is 3.57. The van der Waals surface area contributed by atoms with E-state index in [2.05, 4.69) is 25.6 Å². The van der Waals surface area contributed by atoms with E-state index in [9.17, 15) is 8.78 Å². The Morgan fingerprint density at radius 1 is 1.10 bits per heavy atom. The number of nitrogens with one attached hydrogen (secondary N) is 2. The number of nitrogens with zero attached hydrogens (tertiary/aromatic N) is 4. The number of pyridine rings is 1. The molecule has 1 saturated heterocycles. The number of benzene rings is 1. The van der Waals surface area contributed by atoms with Gasteiger partial charge in [-0.3, -0.25) is 0 Å². The number of anilines is 3. The Kier molecular flexibility index (Phi) is 4.48. The van der Waals surface area contributed by atoms with Gasteiger partial charge in [-0.15, -0.1) is 0 Å². The van der Waals surface area contributed by atoms with Crippen LogP contribution in [0.15, 0.2) is 36.7 Å². The first-order valence-electron chi connectivity index (χ1n) is 9.15. The zero-order valence-corrected chi connectivity index (χ0v) is 16.0. The molecule has 1 fully saturated rings. The number of ether oxygens (including phenoxy) is 1. The maximum Gasteiger partial charge on any atom is 0.154 e. The molecule has 150 valence electrons. The maximum absolute atomic E-state index is 14.4. The van der Waals surface area contributed by atoms with E-state index in [0.717, 1.165) is 18.8 Å². The number of hydrogen-bond donors (Lipinski definition) is 2. The van der Waals surface area contributed by atoms with Crippen molar-refractivity contribution in [2.24, 2.45) is 0 Å². The smallest absolute Gasteiger partial charge is 0.154 e. The van der Waals surface area contributed by atoms with Gasteiger partial charge in [-0.05, 0) is 18.2 Å². The minimum absolute atomic E-state index is 0.150. The molecule has 7 nitrogen and oxygen atoms in total. The molecule has 1 aromatic carbocycles. The fourth-order valence-corrected chi connectivity index (χ4v) is 3.77. The summed E-state index contributed by atoms with van der Waals surface area (Å²) in [5.41, 5.74) is 1.38. The number of aromatic nitrogens is 3. The lowest BCUT2D eigenvalue weighted by molar-refractivity contribution is 0.122. The Morgan fingerprint density at radius 2 is 1.86 bits per heavy atom. The van der Waals surface area contributed by atoms with Crippen LogP contribution in [0.5, 0.6) is 0 Å². The van der Waals surface area contributed by atoms with Crippen molar-refractivity contribution in [2.75, 3.05) is 41.8 Å². The minimum atomic E-state index is -0.924. The van der Waals surface area contributed by atoms with Gasteiger partial charge >= 0.3 is 0 Å². The molecule has 1 unspecified atom stereocenters. The van der Waals surface area contributed by atoms with Gasteiger partial charge in [-0.1, -0.05) is 17.7 Å². The normalized spacial score (nSPS) is 18.3. The van der Waals surface area contributed by atoms with Gasteiger partial charge in [0.25, 0.3) is 0 Å². The number of rotatable bonds is 2. The van der Waals surface area contributed by atoms with Crippen LogP contribution in [0.3, 0.4) is 0 Å². The van der Waals surface area contributed by atoms with Crippen molar-refractivity contribution >= 4 is 28.9 Å². The van der Waals surface area contributed by atoms with E-state index >= 15 is 0 Å². The summed E-state index contributed by atoms with van der Waals surface area (Å²) in [6.07, 6.45) is 2.28. The van der Waals surface area contributed by atoms with Gasteiger partial charge in [-0.25, -0.2) is 18.4 Å². The van der Waals surface area contributed by atoms with Crippen LogP contribution in [0.2, 0.25) is 5.02 Å². The summed E-state index contributed by atoms with van der Waals surface area (Å²) in [5.74, 6) is -0.497. The molecule has 2 aromatic heterocycles. The van der Waals surface area contributed by atoms with E-state index in [0.29, 0.717) is 35.6 Å². The lowest BCUT2D eigenvalue weighted by Crippen LogP contribution is -2.36. The van der Waals surface area contributed by atoms with Crippen LogP contribution in [0.4, 0.5) is 26.1 Å². The second-order valence-corrected chi connectivity index (χ2v) is 7.18. The van der Waals surface area contributed by atoms with E-state index in [-0.39, 0.29) is 5.56 Å². The number of fused-ring (bicyclic) bond motifs is 3. The lowest BCUT2D eigenvalue weighted by Gasteiger charge is -2.29. The summed E-state index contributed by atoms with van der Waals surface area (Å²) in [6, 6.07) is 5.67. The molecule has 0 bridgehead atoms. The zero-order valence-electron chi connectivity index (χ0n) is 15.2. The SMILES string of the molecule is Fc1cccc(F)c1C1Nc2ncc(N3CCOCC3)cc2-n2ncc(Cl)c2N1. The van der Waals surface area contributed by atoms with Crippen molar-refractivity contribution in [3.8, 4) is 5.69 Å². The van der Waals surface area contributed by atoms with Gasteiger partial charge in [0.05, 0.1) is 36.9 Å². The van der Waals surface area contributed by atoms with Crippen molar-refractivity contribution in [1.82, 2.24) is 14.8 Å². The number of hydrogen-bond acceptors (Lipinski definition) is 6. The van der Waals surface area contributed by atoms with Gasteiger partial charge in [0, 0.05) is 13.1 Å². The fraction of sp³-hybridized carbons (Fsp3) is 0.263. The average molecular weight is 419 g/mol. The molecule has 1 atom stereocenters. The van der Waals surface area contributed by atoms with Crippen LogP contribution in [-0.4, -0.2) is 41.1 Å². The highest BCUT2D eigenvalue weighted by molar-refractivity contribution is 6.33. The fourth-order valence-electron chi connectivity index (χ4n) is 3.59. The Balaban J connectivity index is 1.62. The molecule has 5 rings (SSSR count). The number of morpholine rings is 1. The molecule has 2 aliphatic rings. The first-order valence-corrected chi connectivity index (χ1v) is 9.53. The van der Waals surface area contributed by atoms with Crippen LogP contribution in [0.25, 0.3) is 5.69 Å². The molecule has 29 heavy (non-hydrogen) atoms. The third-order valence-corrected chi connectivity index (χ3v) is 5.31. The van der Waals surface area contributed by atoms with Crippen molar-refractivity contribution < 1.29 is 13.5 Å². The molecule has 2 N–H and O–H groups in total. The van der Waals surface area contributed by atoms with Gasteiger partial charge in [0.15, 0.2) is 11.6 Å². The second kappa shape index (κ2) is 7.16. The quantitative estimate of drug-likeness (QED) is 0.663. The first kappa shape index (κ1) is 18.1. The Labute approximate surface area is 170 Å². The van der Waals surface area contributed by atoms with E-state index < -0.39 is 17.8 Å². The zero-order chi connectivity index (χ0) is 20.0. The summed E-state index contributed by atoms with van der Waals surface area (Å²) in [6.45, 7) is 2.79. The van der Waals surface area contributed by atoms with E-state index in [1.54, 1.807) is 10.9 Å². The minimum Gasteiger partial charge on any atom is -0.378 e. The molecule has 0 saturated carbocycles. The van der Waals surface area contributed by atoms with Crippen molar-refractivity contribution in [3.05, 3.63) is 58.9 Å². The Hall–Kier alpha value is -2.91. The monoisotopic (exact) mass is 418 g/mol. The molecule has 3 aromatic rings. The molecule has 0 spiro atoms. The topological polar surface area (TPSA) is 67.2 Å². The Morgan fingerprint density at radius 3 is 2.62 bits per heavy atom. The van der Waals surface area contributed by atoms with Crippen molar-refractivity contribution in [1.29, 1.82) is 0 Å². The van der Waals surface area contributed by atoms with Crippen molar-refractivity contribution in [2.45, 2.75) is 6.17 Å². The van der Waals surface area contributed by atoms with E-state index in [4.69, 9.17) is 16.3 Å². The molecule has 0 amide bonds. The number of halogens is 3. The third kappa shape index (κ3) is 3.16. The van der Waals surface area contributed by atoms with Gasteiger partial charge in [-0.2, -0.15) is 5.10 Å². The van der Waals surface area contributed by atoms with Crippen LogP contribution >= 0.6 is 11.6 Å². The summed E-state index contributed by atoms with van der Waals surface area (Å²) < 4.78 is 35.9. The third-order valence-electron chi connectivity index (χ3n) is 5.03. The summed E-state index contributed by atoms with van der Waals surface area (Å²) in [4.78, 5) is 6.68. The van der Waals surface area contributed by atoms with Gasteiger partial charge in [0.1, 0.15) is 28.5 Å². The highest BCUT2D eigenvalue weighted by Gasteiger charge is 2.29. The molecule has 0 radical (unpaired) electrons. The lowest BCUT2D eigenvalue weighted by atomic mass is 10.1. The molecule has 10 heteroatoms. The highest BCUT2D eigenvalue weighted by Crippen LogP contribution is 2.37. The molecule has 4 heterocycles. The summed E-state index contributed by atoms with van der Waals surface area (Å²) in [5, 5.41) is 10.8. The molecule has 2 aliphatic heterocycles. The molecular weight excluding hydrogens is 402 g/mol. The van der Waals surface area contributed by atoms with Crippen LogP contribution in [0.1, 0.15) is 11.7 Å². The summed E-state index contributed by atoms with van der Waals surface area (Å²) in [7, 11) is 0. The van der Waals surface area contributed by atoms with Crippen LogP contribution in [-0.2, 0) is 4.74 Å². The molecule has 0 aliphatic carbocycles. The van der Waals surface area contributed by atoms with Crippen molar-refractivity contribution in [3.63, 3.8) is 0 Å². The molecular formula is C19H17ClF2N6O. The standard InChI is InChI=1S/C19H17ClF2N6O/c20-12-10-24-28-15-8-11(27-4-6-29-7-5-27)9-23-17(15)25-18(26-19(12)28)16-13(21)2-1-3-14(16)22/h1-3,8-10,18,26H,4-7H2,(H,23,25). The maximum atomic E-state index is 14.4. The first-order chi connectivity index (χ1) is 14.1. The van der Waals surface area contributed by atoms with E-state index in [1.165, 1.54) is 24.4 Å². The van der Waals surface area contributed by atoms with E-state index in [1.807, 2.05) is 6.07 Å². The van der Waals surface area contributed by atoms with Crippen LogP contribution in [0, 0.1) is 11.6 Å². The Bertz CT molecular complexity index is 1050. The van der Waals surface area contributed by atoms with Crippen LogP contribution < -0.4 is 15.5 Å². The summed E-state index contributed by atoms with van der Waals surface area (Å²) >= 11 is 6.31. The van der Waals surface area contributed by atoms with Gasteiger partial charge in [0.2, 0.25) is 0 Å².